The maximum atomic E-state index is 10.8. The Morgan fingerprint density at radius 3 is 2.75 bits per heavy atom. The predicted molar refractivity (Wildman–Crippen MR) is 83.1 cm³/mol. The molecule has 20 heavy (non-hydrogen) atoms. The average Bonchev–Trinajstić information content (AvgIpc) is 2.93. The molecule has 1 fully saturated rings. The normalized spacial score (nSPS) is 15.7. The molecule has 2 rings (SSSR count). The Morgan fingerprint density at radius 1 is 1.35 bits per heavy atom. The van der Waals surface area contributed by atoms with Crippen LogP contribution in [-0.2, 0) is 6.54 Å². The highest BCUT2D eigenvalue weighted by Crippen LogP contribution is 2.18. The molecule has 4 nitrogen and oxygen atoms in total. The number of benzene rings is 1. The molecular formula is C15H21BrN2O2. The summed E-state index contributed by atoms with van der Waals surface area (Å²) >= 11 is 3.43. The standard InChI is InChI=1S/C15H21BrN2O2/c16-14-10-12(15(19)20)4-5-13(14)11-17-6-3-9-18-7-1-2-8-18/h4-5,10,17H,1-3,6-9,11H2,(H,19,20). The third kappa shape index (κ3) is 4.58. The van der Waals surface area contributed by atoms with Crippen molar-refractivity contribution in [3.63, 3.8) is 0 Å². The molecule has 110 valence electrons. The SMILES string of the molecule is O=C(O)c1ccc(CNCCCN2CCCC2)c(Br)c1. The number of hydrogen-bond acceptors (Lipinski definition) is 3. The van der Waals surface area contributed by atoms with Crippen molar-refractivity contribution >= 4 is 21.9 Å². The third-order valence-electron chi connectivity index (χ3n) is 3.64. The minimum atomic E-state index is -0.893. The fraction of sp³-hybridized carbons (Fsp3) is 0.533. The number of hydrogen-bond donors (Lipinski definition) is 2. The van der Waals surface area contributed by atoms with Crippen LogP contribution >= 0.6 is 15.9 Å². The molecule has 0 aromatic heterocycles. The molecule has 0 spiro atoms. The summed E-state index contributed by atoms with van der Waals surface area (Å²) in [6.45, 7) is 5.43. The van der Waals surface area contributed by atoms with E-state index in [1.165, 1.54) is 32.5 Å². The van der Waals surface area contributed by atoms with Crippen LogP contribution in [0.2, 0.25) is 0 Å². The highest BCUT2D eigenvalue weighted by Gasteiger charge is 2.10. The van der Waals surface area contributed by atoms with Gasteiger partial charge >= 0.3 is 5.97 Å². The summed E-state index contributed by atoms with van der Waals surface area (Å²) in [6, 6.07) is 5.17. The van der Waals surface area contributed by atoms with Gasteiger partial charge in [0.15, 0.2) is 0 Å². The van der Waals surface area contributed by atoms with E-state index >= 15 is 0 Å². The van der Waals surface area contributed by atoms with Crippen LogP contribution in [0.3, 0.4) is 0 Å². The van der Waals surface area contributed by atoms with E-state index in [1.807, 2.05) is 6.07 Å². The molecule has 0 radical (unpaired) electrons. The Hall–Kier alpha value is -0.910. The zero-order valence-corrected chi connectivity index (χ0v) is 13.2. The van der Waals surface area contributed by atoms with E-state index in [1.54, 1.807) is 12.1 Å². The van der Waals surface area contributed by atoms with Crippen LogP contribution in [0.25, 0.3) is 0 Å². The number of carboxylic acid groups (broad SMARTS) is 1. The number of aromatic carboxylic acids is 1. The maximum absolute atomic E-state index is 10.8. The fourth-order valence-corrected chi connectivity index (χ4v) is 3.00. The van der Waals surface area contributed by atoms with Gasteiger partial charge in [0.25, 0.3) is 0 Å². The second kappa shape index (κ2) is 7.76. The highest BCUT2D eigenvalue weighted by molar-refractivity contribution is 9.10. The molecule has 0 saturated carbocycles. The first-order valence-corrected chi connectivity index (χ1v) is 7.91. The molecule has 1 heterocycles. The molecule has 0 bridgehead atoms. The topological polar surface area (TPSA) is 52.6 Å². The van der Waals surface area contributed by atoms with Crippen molar-refractivity contribution in [3.05, 3.63) is 33.8 Å². The van der Waals surface area contributed by atoms with Crippen LogP contribution in [0.15, 0.2) is 22.7 Å². The summed E-state index contributed by atoms with van der Waals surface area (Å²) in [4.78, 5) is 13.4. The summed E-state index contributed by atoms with van der Waals surface area (Å²) in [6.07, 6.45) is 3.84. The van der Waals surface area contributed by atoms with Crippen LogP contribution in [0, 0.1) is 0 Å². The van der Waals surface area contributed by atoms with E-state index in [9.17, 15) is 4.79 Å². The van der Waals surface area contributed by atoms with Crippen molar-refractivity contribution in [3.8, 4) is 0 Å². The number of nitrogens with zero attached hydrogens (tertiary/aromatic N) is 1. The Labute approximate surface area is 128 Å². The molecular weight excluding hydrogens is 320 g/mol. The molecule has 0 aliphatic carbocycles. The molecule has 1 aromatic rings. The van der Waals surface area contributed by atoms with Gasteiger partial charge in [-0.1, -0.05) is 22.0 Å². The maximum Gasteiger partial charge on any atom is 0.335 e. The van der Waals surface area contributed by atoms with Gasteiger partial charge in [0, 0.05) is 11.0 Å². The van der Waals surface area contributed by atoms with E-state index < -0.39 is 5.97 Å². The molecule has 0 amide bonds. The number of carbonyl (C=O) groups is 1. The lowest BCUT2D eigenvalue weighted by Crippen LogP contribution is -2.24. The summed E-state index contributed by atoms with van der Waals surface area (Å²) < 4.78 is 0.851. The Bertz CT molecular complexity index is 459. The van der Waals surface area contributed by atoms with Gasteiger partial charge in [-0.3, -0.25) is 0 Å². The molecule has 1 aliphatic rings. The van der Waals surface area contributed by atoms with Crippen molar-refractivity contribution in [2.24, 2.45) is 0 Å². The molecule has 1 saturated heterocycles. The van der Waals surface area contributed by atoms with Gasteiger partial charge in [-0.2, -0.15) is 0 Å². The van der Waals surface area contributed by atoms with Gasteiger partial charge < -0.3 is 15.3 Å². The lowest BCUT2D eigenvalue weighted by atomic mass is 10.1. The van der Waals surface area contributed by atoms with Gasteiger partial charge in [0.05, 0.1) is 5.56 Å². The lowest BCUT2D eigenvalue weighted by molar-refractivity contribution is 0.0697. The van der Waals surface area contributed by atoms with E-state index in [-0.39, 0.29) is 0 Å². The van der Waals surface area contributed by atoms with Crippen LogP contribution in [0.1, 0.15) is 35.2 Å². The minimum Gasteiger partial charge on any atom is -0.478 e. The summed E-state index contributed by atoms with van der Waals surface area (Å²) in [5, 5.41) is 12.3. The molecule has 1 aliphatic heterocycles. The monoisotopic (exact) mass is 340 g/mol. The van der Waals surface area contributed by atoms with Gasteiger partial charge in [-0.05, 0) is 63.1 Å². The average molecular weight is 341 g/mol. The van der Waals surface area contributed by atoms with Crippen molar-refractivity contribution < 1.29 is 9.90 Å². The first-order chi connectivity index (χ1) is 9.66. The Balaban J connectivity index is 1.69. The van der Waals surface area contributed by atoms with Gasteiger partial charge in [-0.25, -0.2) is 4.79 Å². The van der Waals surface area contributed by atoms with Crippen molar-refractivity contribution in [1.29, 1.82) is 0 Å². The molecule has 5 heteroatoms. The summed E-state index contributed by atoms with van der Waals surface area (Å²) in [5.41, 5.74) is 1.41. The Kier molecular flexibility index (Phi) is 6.01. The molecule has 0 atom stereocenters. The number of carboxylic acids is 1. The third-order valence-corrected chi connectivity index (χ3v) is 4.38. The smallest absolute Gasteiger partial charge is 0.335 e. The number of likely N-dealkylation sites (tertiary alicyclic amines) is 1. The van der Waals surface area contributed by atoms with Crippen molar-refractivity contribution in [2.45, 2.75) is 25.8 Å². The molecule has 1 aromatic carbocycles. The quantitative estimate of drug-likeness (QED) is 0.749. The van der Waals surface area contributed by atoms with Gasteiger partial charge in [-0.15, -0.1) is 0 Å². The number of nitrogens with one attached hydrogen (secondary N) is 1. The first kappa shape index (κ1) is 15.5. The van der Waals surface area contributed by atoms with Crippen LogP contribution < -0.4 is 5.32 Å². The zero-order chi connectivity index (χ0) is 14.4. The number of halogens is 1. The lowest BCUT2D eigenvalue weighted by Gasteiger charge is -2.14. The molecule has 2 N–H and O–H groups in total. The predicted octanol–water partition coefficient (Wildman–Crippen LogP) is 2.72. The van der Waals surface area contributed by atoms with Crippen molar-refractivity contribution in [1.82, 2.24) is 10.2 Å². The largest absolute Gasteiger partial charge is 0.478 e. The van der Waals surface area contributed by atoms with Gasteiger partial charge in [0.1, 0.15) is 0 Å². The van der Waals surface area contributed by atoms with E-state index in [0.29, 0.717) is 5.56 Å². The summed E-state index contributed by atoms with van der Waals surface area (Å²) in [5.74, 6) is -0.893. The fourth-order valence-electron chi connectivity index (χ4n) is 2.48. The van der Waals surface area contributed by atoms with E-state index in [0.717, 1.165) is 29.5 Å². The van der Waals surface area contributed by atoms with E-state index in [2.05, 4.69) is 26.1 Å². The highest BCUT2D eigenvalue weighted by atomic mass is 79.9. The van der Waals surface area contributed by atoms with Crippen LogP contribution in [-0.4, -0.2) is 42.2 Å². The second-order valence-electron chi connectivity index (χ2n) is 5.19. The molecule has 0 unspecified atom stereocenters. The number of rotatable bonds is 7. The summed E-state index contributed by atoms with van der Waals surface area (Å²) in [7, 11) is 0. The Morgan fingerprint density at radius 2 is 2.10 bits per heavy atom. The first-order valence-electron chi connectivity index (χ1n) is 7.11. The van der Waals surface area contributed by atoms with Gasteiger partial charge in [0.2, 0.25) is 0 Å². The van der Waals surface area contributed by atoms with Crippen LogP contribution in [0.4, 0.5) is 0 Å². The van der Waals surface area contributed by atoms with Crippen LogP contribution in [0.5, 0.6) is 0 Å². The van der Waals surface area contributed by atoms with Crippen molar-refractivity contribution in [2.75, 3.05) is 26.2 Å². The zero-order valence-electron chi connectivity index (χ0n) is 11.6. The second-order valence-corrected chi connectivity index (χ2v) is 6.04. The van der Waals surface area contributed by atoms with E-state index in [4.69, 9.17) is 5.11 Å². The minimum absolute atomic E-state index is 0.314.